The predicted octanol–water partition coefficient (Wildman–Crippen LogP) is 7.63. The molecule has 1 unspecified atom stereocenters. The van der Waals surface area contributed by atoms with Crippen LogP contribution in [-0.2, 0) is 4.74 Å². The summed E-state index contributed by atoms with van der Waals surface area (Å²) >= 11 is 0. The first-order chi connectivity index (χ1) is 14.1. The van der Waals surface area contributed by atoms with Crippen LogP contribution in [0.3, 0.4) is 0 Å². The number of rotatable bonds is 9. The van der Waals surface area contributed by atoms with Crippen LogP contribution < -0.4 is 0 Å². The lowest BCUT2D eigenvalue weighted by atomic mass is 9.87. The van der Waals surface area contributed by atoms with Gasteiger partial charge in [-0.15, -0.1) is 0 Å². The molecule has 0 aromatic heterocycles. The fraction of sp³-hybridized carbons (Fsp3) is 0.667. The van der Waals surface area contributed by atoms with E-state index in [4.69, 9.17) is 0 Å². The lowest BCUT2D eigenvalue weighted by Crippen LogP contribution is -2.70. The molecule has 0 aliphatic rings. The van der Waals surface area contributed by atoms with Crippen molar-refractivity contribution < 1.29 is 61.8 Å². The lowest BCUT2D eigenvalue weighted by molar-refractivity contribution is -0.440. The summed E-state index contributed by atoms with van der Waals surface area (Å²) in [6.45, 7) is 3.07. The largest absolute Gasteiger partial charge is 0.460 e. The van der Waals surface area contributed by atoms with E-state index in [2.05, 4.69) is 4.74 Å². The van der Waals surface area contributed by atoms with Crippen molar-refractivity contribution in [3.05, 3.63) is 35.4 Å². The Kier molecular flexibility index (Phi) is 7.57. The highest BCUT2D eigenvalue weighted by molar-refractivity contribution is 5.32. The average molecular weight is 496 g/mol. The Hall–Kier alpha value is -1.73. The topological polar surface area (TPSA) is 9.23 Å². The molecule has 1 nitrogen and oxygen atoms in total. The molecule has 32 heavy (non-hydrogen) atoms. The molecule has 1 aromatic carbocycles. The third kappa shape index (κ3) is 4.38. The first-order valence-corrected chi connectivity index (χ1v) is 8.67. The lowest BCUT2D eigenvalue weighted by Gasteiger charge is -2.40. The summed E-state index contributed by atoms with van der Waals surface area (Å²) in [6, 6.07) is 5.07. The Bertz CT molecular complexity index is 783. The summed E-state index contributed by atoms with van der Waals surface area (Å²) in [7, 11) is 0.695. The Morgan fingerprint density at radius 2 is 1.06 bits per heavy atom. The Labute approximate surface area is 173 Å². The van der Waals surface area contributed by atoms with Gasteiger partial charge in [0.25, 0.3) is 0 Å². The maximum absolute atomic E-state index is 14.2. The fourth-order valence-electron chi connectivity index (χ4n) is 2.81. The van der Waals surface area contributed by atoms with Gasteiger partial charge in [0.15, 0.2) is 0 Å². The normalized spacial score (nSPS) is 15.9. The summed E-state index contributed by atoms with van der Waals surface area (Å²) < 4.78 is 177. The maximum atomic E-state index is 14.2. The van der Waals surface area contributed by atoms with E-state index in [1.165, 1.54) is 32.0 Å². The minimum atomic E-state index is -7.91. The number of methoxy groups -OCH3 is 1. The highest BCUT2D eigenvalue weighted by Crippen LogP contribution is 2.61. The SMILES string of the molecule is COC(CC(F)(F)C(F)(F)C(F)(F)C(F)(F)C(F)(F)C(F)(F)F)c1ccccc1C(C)C. The number of benzene rings is 1. The van der Waals surface area contributed by atoms with E-state index in [1.54, 1.807) is 0 Å². The molecule has 0 spiro atoms. The van der Waals surface area contributed by atoms with Crippen molar-refractivity contribution in [1.29, 1.82) is 0 Å². The van der Waals surface area contributed by atoms with E-state index in [0.717, 1.165) is 6.07 Å². The van der Waals surface area contributed by atoms with Gasteiger partial charge in [0.05, 0.1) is 6.10 Å². The highest BCUT2D eigenvalue weighted by Gasteiger charge is 2.90. The molecular formula is C18H17F13O. The molecule has 0 amide bonds. The van der Waals surface area contributed by atoms with Crippen LogP contribution in [0, 0.1) is 0 Å². The molecule has 0 saturated carbocycles. The molecule has 1 rings (SSSR count). The smallest absolute Gasteiger partial charge is 0.377 e. The zero-order chi connectivity index (χ0) is 25.6. The first-order valence-electron chi connectivity index (χ1n) is 8.67. The molecule has 0 radical (unpaired) electrons. The average Bonchev–Trinajstić information content (AvgIpc) is 2.64. The second kappa shape index (κ2) is 8.56. The first kappa shape index (κ1) is 28.3. The molecule has 1 aromatic rings. The molecule has 0 bridgehead atoms. The Balaban J connectivity index is 3.48. The van der Waals surface area contributed by atoms with Crippen LogP contribution in [-0.4, -0.2) is 42.9 Å². The van der Waals surface area contributed by atoms with Gasteiger partial charge in [-0.25, -0.2) is 0 Å². The van der Waals surface area contributed by atoms with Crippen molar-refractivity contribution in [1.82, 2.24) is 0 Å². The van der Waals surface area contributed by atoms with Crippen LogP contribution in [0.15, 0.2) is 24.3 Å². The van der Waals surface area contributed by atoms with Crippen molar-refractivity contribution in [2.24, 2.45) is 0 Å². The standard InChI is InChI=1S/C18H17F13O/c1-9(2)10-6-4-5-7-11(10)12(32-3)8-13(19,20)14(21,22)15(23,24)16(25,26)17(27,28)18(29,30)31/h4-7,9,12H,8H2,1-3H3. The van der Waals surface area contributed by atoms with Crippen molar-refractivity contribution in [2.75, 3.05) is 7.11 Å². The summed E-state index contributed by atoms with van der Waals surface area (Å²) in [5, 5.41) is 0. The van der Waals surface area contributed by atoms with E-state index in [1.807, 2.05) is 0 Å². The third-order valence-corrected chi connectivity index (χ3v) is 4.69. The minimum absolute atomic E-state index is 0.221. The van der Waals surface area contributed by atoms with Crippen LogP contribution in [0.25, 0.3) is 0 Å². The van der Waals surface area contributed by atoms with Crippen molar-refractivity contribution in [3.8, 4) is 0 Å². The van der Waals surface area contributed by atoms with Gasteiger partial charge in [0.1, 0.15) is 0 Å². The van der Waals surface area contributed by atoms with Gasteiger partial charge in [-0.2, -0.15) is 57.1 Å². The monoisotopic (exact) mass is 496 g/mol. The Morgan fingerprint density at radius 3 is 1.44 bits per heavy atom. The maximum Gasteiger partial charge on any atom is 0.460 e. The van der Waals surface area contributed by atoms with Gasteiger partial charge in [-0.05, 0) is 17.0 Å². The fourth-order valence-corrected chi connectivity index (χ4v) is 2.81. The van der Waals surface area contributed by atoms with Crippen LogP contribution in [0.2, 0.25) is 0 Å². The molecule has 0 heterocycles. The van der Waals surface area contributed by atoms with Crippen LogP contribution >= 0.6 is 0 Å². The zero-order valence-electron chi connectivity index (χ0n) is 16.5. The molecule has 14 heteroatoms. The number of ether oxygens (including phenoxy) is 1. The zero-order valence-corrected chi connectivity index (χ0v) is 16.5. The molecule has 0 saturated heterocycles. The van der Waals surface area contributed by atoms with E-state index < -0.39 is 54.2 Å². The molecule has 1 atom stereocenters. The Morgan fingerprint density at radius 1 is 0.656 bits per heavy atom. The second-order valence-electron chi connectivity index (χ2n) is 7.21. The molecule has 0 aliphatic heterocycles. The number of hydrogen-bond donors (Lipinski definition) is 0. The quantitative estimate of drug-likeness (QED) is 0.320. The minimum Gasteiger partial charge on any atom is -0.377 e. The molecule has 0 fully saturated rings. The van der Waals surface area contributed by atoms with Crippen LogP contribution in [0.5, 0.6) is 0 Å². The summed E-state index contributed by atoms with van der Waals surface area (Å²) in [5.74, 6) is -37.4. The third-order valence-electron chi connectivity index (χ3n) is 4.69. The summed E-state index contributed by atoms with van der Waals surface area (Å²) in [5.41, 5.74) is -0.00432. The number of hydrogen-bond acceptors (Lipinski definition) is 1. The van der Waals surface area contributed by atoms with Crippen molar-refractivity contribution in [2.45, 2.75) is 68.1 Å². The number of halogens is 13. The van der Waals surface area contributed by atoms with Gasteiger partial charge in [0, 0.05) is 13.5 Å². The molecule has 0 aliphatic carbocycles. The van der Waals surface area contributed by atoms with Gasteiger partial charge >= 0.3 is 35.8 Å². The van der Waals surface area contributed by atoms with E-state index >= 15 is 0 Å². The van der Waals surface area contributed by atoms with Crippen molar-refractivity contribution in [3.63, 3.8) is 0 Å². The molecule has 186 valence electrons. The van der Waals surface area contributed by atoms with Gasteiger partial charge < -0.3 is 4.74 Å². The summed E-state index contributed by atoms with van der Waals surface area (Å²) in [4.78, 5) is 0. The summed E-state index contributed by atoms with van der Waals surface area (Å²) in [6.07, 6.45) is -12.0. The molecular weight excluding hydrogens is 479 g/mol. The molecule has 0 N–H and O–H groups in total. The van der Waals surface area contributed by atoms with E-state index in [0.29, 0.717) is 7.11 Å². The van der Waals surface area contributed by atoms with Crippen LogP contribution in [0.1, 0.15) is 43.4 Å². The van der Waals surface area contributed by atoms with E-state index in [9.17, 15) is 57.1 Å². The van der Waals surface area contributed by atoms with Crippen LogP contribution in [0.4, 0.5) is 57.1 Å². The van der Waals surface area contributed by atoms with E-state index in [-0.39, 0.29) is 11.1 Å². The number of alkyl halides is 13. The van der Waals surface area contributed by atoms with Crippen molar-refractivity contribution >= 4 is 0 Å². The highest BCUT2D eigenvalue weighted by atomic mass is 19.4. The van der Waals surface area contributed by atoms with Gasteiger partial charge in [-0.3, -0.25) is 0 Å². The van der Waals surface area contributed by atoms with Gasteiger partial charge in [-0.1, -0.05) is 38.1 Å². The van der Waals surface area contributed by atoms with Gasteiger partial charge in [0.2, 0.25) is 0 Å². The predicted molar refractivity (Wildman–Crippen MR) is 85.7 cm³/mol. The second-order valence-corrected chi connectivity index (χ2v) is 7.21.